The second kappa shape index (κ2) is 5.84. The molecular weight excluding hydrogens is 254 g/mol. The van der Waals surface area contributed by atoms with E-state index in [2.05, 4.69) is 29.1 Å². The van der Waals surface area contributed by atoms with Crippen LogP contribution >= 0.6 is 11.6 Å². The standard InChI is InChI=1S/C12H14ClN3O2/c1-8(2)15-5-10-7-17-12(16-10)18-11-3-9(13)4-14-6-11/h3-4,6-8,15H,5H2,1-2H3. The number of ether oxygens (including phenoxy) is 1. The largest absolute Gasteiger partial charge is 0.417 e. The van der Waals surface area contributed by atoms with E-state index in [4.69, 9.17) is 20.8 Å². The molecule has 5 nitrogen and oxygen atoms in total. The number of nitrogens with zero attached hydrogens (tertiary/aromatic N) is 2. The lowest BCUT2D eigenvalue weighted by Gasteiger charge is -2.04. The van der Waals surface area contributed by atoms with Crippen molar-refractivity contribution in [3.8, 4) is 11.8 Å². The van der Waals surface area contributed by atoms with Crippen molar-refractivity contribution in [3.63, 3.8) is 0 Å². The minimum atomic E-state index is 0.180. The van der Waals surface area contributed by atoms with Crippen molar-refractivity contribution in [2.24, 2.45) is 0 Å². The van der Waals surface area contributed by atoms with Crippen LogP contribution in [0.1, 0.15) is 19.5 Å². The maximum Gasteiger partial charge on any atom is 0.399 e. The van der Waals surface area contributed by atoms with E-state index in [1.165, 1.54) is 6.20 Å². The number of aromatic nitrogens is 2. The van der Waals surface area contributed by atoms with Crippen LogP contribution in [0, 0.1) is 0 Å². The number of hydrogen-bond donors (Lipinski definition) is 1. The van der Waals surface area contributed by atoms with Crippen LogP contribution in [0.5, 0.6) is 11.8 Å². The molecule has 6 heteroatoms. The van der Waals surface area contributed by atoms with E-state index in [-0.39, 0.29) is 6.08 Å². The number of halogens is 1. The lowest BCUT2D eigenvalue weighted by molar-refractivity contribution is 0.330. The first-order chi connectivity index (χ1) is 8.63. The van der Waals surface area contributed by atoms with Crippen LogP contribution in [-0.2, 0) is 6.54 Å². The monoisotopic (exact) mass is 267 g/mol. The van der Waals surface area contributed by atoms with E-state index in [1.54, 1.807) is 18.5 Å². The molecule has 0 aliphatic heterocycles. The van der Waals surface area contributed by atoms with E-state index < -0.39 is 0 Å². The van der Waals surface area contributed by atoms with Gasteiger partial charge in [0.25, 0.3) is 0 Å². The summed E-state index contributed by atoms with van der Waals surface area (Å²) < 4.78 is 10.6. The molecule has 2 heterocycles. The Morgan fingerprint density at radius 3 is 3.00 bits per heavy atom. The van der Waals surface area contributed by atoms with Crippen molar-refractivity contribution in [3.05, 3.63) is 35.4 Å². The SMILES string of the molecule is CC(C)NCc1coc(Oc2cncc(Cl)c2)n1. The molecule has 96 valence electrons. The summed E-state index contributed by atoms with van der Waals surface area (Å²) in [6.07, 6.45) is 4.81. The van der Waals surface area contributed by atoms with Gasteiger partial charge < -0.3 is 14.5 Å². The fraction of sp³-hybridized carbons (Fsp3) is 0.333. The average Bonchev–Trinajstić information content (AvgIpc) is 2.74. The van der Waals surface area contributed by atoms with Gasteiger partial charge in [0.2, 0.25) is 0 Å². The summed E-state index contributed by atoms with van der Waals surface area (Å²) in [4.78, 5) is 8.09. The lowest BCUT2D eigenvalue weighted by Crippen LogP contribution is -2.21. The molecule has 0 fully saturated rings. The van der Waals surface area contributed by atoms with Gasteiger partial charge in [0.15, 0.2) is 5.75 Å². The molecule has 0 atom stereocenters. The van der Waals surface area contributed by atoms with Crippen molar-refractivity contribution < 1.29 is 9.15 Å². The molecule has 2 rings (SSSR count). The normalized spacial score (nSPS) is 10.9. The van der Waals surface area contributed by atoms with E-state index in [1.807, 2.05) is 0 Å². The smallest absolute Gasteiger partial charge is 0.399 e. The summed E-state index contributed by atoms with van der Waals surface area (Å²) in [5.41, 5.74) is 0.786. The third-order valence-electron chi connectivity index (χ3n) is 2.11. The van der Waals surface area contributed by atoms with Gasteiger partial charge in [0, 0.05) is 24.8 Å². The third kappa shape index (κ3) is 3.72. The highest BCUT2D eigenvalue weighted by Gasteiger charge is 2.07. The second-order valence-corrected chi connectivity index (χ2v) is 4.52. The quantitative estimate of drug-likeness (QED) is 0.902. The van der Waals surface area contributed by atoms with Crippen molar-refractivity contribution in [1.29, 1.82) is 0 Å². The maximum absolute atomic E-state index is 5.80. The summed E-state index contributed by atoms with van der Waals surface area (Å²) in [7, 11) is 0. The fourth-order valence-electron chi connectivity index (χ4n) is 1.27. The second-order valence-electron chi connectivity index (χ2n) is 4.08. The van der Waals surface area contributed by atoms with Gasteiger partial charge in [0.1, 0.15) is 6.26 Å². The molecule has 2 aromatic heterocycles. The Labute approximate surface area is 110 Å². The molecule has 18 heavy (non-hydrogen) atoms. The zero-order chi connectivity index (χ0) is 13.0. The van der Waals surface area contributed by atoms with Crippen LogP contribution in [0.15, 0.2) is 29.1 Å². The minimum Gasteiger partial charge on any atom is -0.417 e. The molecule has 0 aliphatic carbocycles. The first kappa shape index (κ1) is 12.9. The van der Waals surface area contributed by atoms with Crippen LogP contribution in [0.2, 0.25) is 5.02 Å². The number of oxazole rings is 1. The van der Waals surface area contributed by atoms with Crippen LogP contribution < -0.4 is 10.1 Å². The van der Waals surface area contributed by atoms with Crippen LogP contribution in [0.3, 0.4) is 0 Å². The predicted octanol–water partition coefficient (Wildman–Crippen LogP) is 3.01. The fourth-order valence-corrected chi connectivity index (χ4v) is 1.44. The zero-order valence-electron chi connectivity index (χ0n) is 10.2. The first-order valence-electron chi connectivity index (χ1n) is 5.59. The highest BCUT2D eigenvalue weighted by molar-refractivity contribution is 6.30. The molecule has 0 aliphatic rings. The van der Waals surface area contributed by atoms with Crippen LogP contribution in [0.4, 0.5) is 0 Å². The van der Waals surface area contributed by atoms with Crippen molar-refractivity contribution >= 4 is 11.6 Å². The Bertz CT molecular complexity index is 514. The van der Waals surface area contributed by atoms with Gasteiger partial charge in [0.05, 0.1) is 16.9 Å². The van der Waals surface area contributed by atoms with Gasteiger partial charge in [-0.25, -0.2) is 0 Å². The summed E-state index contributed by atoms with van der Waals surface area (Å²) in [5.74, 6) is 0.493. The molecule has 0 saturated heterocycles. The van der Waals surface area contributed by atoms with Gasteiger partial charge in [-0.15, -0.1) is 0 Å². The van der Waals surface area contributed by atoms with Gasteiger partial charge in [-0.1, -0.05) is 25.4 Å². The number of rotatable bonds is 5. The third-order valence-corrected chi connectivity index (χ3v) is 2.31. The van der Waals surface area contributed by atoms with Crippen molar-refractivity contribution in [1.82, 2.24) is 15.3 Å². The predicted molar refractivity (Wildman–Crippen MR) is 67.8 cm³/mol. The van der Waals surface area contributed by atoms with Crippen molar-refractivity contribution in [2.75, 3.05) is 0 Å². The van der Waals surface area contributed by atoms with Gasteiger partial charge in [-0.2, -0.15) is 4.98 Å². The minimum absolute atomic E-state index is 0.180. The molecule has 0 radical (unpaired) electrons. The molecule has 0 spiro atoms. The Hall–Kier alpha value is -1.59. The van der Waals surface area contributed by atoms with Crippen molar-refractivity contribution in [2.45, 2.75) is 26.4 Å². The lowest BCUT2D eigenvalue weighted by atomic mass is 10.4. The molecule has 0 unspecified atom stereocenters. The maximum atomic E-state index is 5.80. The summed E-state index contributed by atoms with van der Waals surface area (Å²) >= 11 is 5.80. The van der Waals surface area contributed by atoms with Crippen LogP contribution in [0.25, 0.3) is 0 Å². The van der Waals surface area contributed by atoms with E-state index in [0.717, 1.165) is 5.69 Å². The number of hydrogen-bond acceptors (Lipinski definition) is 5. The van der Waals surface area contributed by atoms with Gasteiger partial charge in [-0.3, -0.25) is 4.98 Å². The molecule has 0 aromatic carbocycles. The molecule has 2 aromatic rings. The Morgan fingerprint density at radius 1 is 1.44 bits per heavy atom. The van der Waals surface area contributed by atoms with E-state index in [0.29, 0.717) is 23.4 Å². The Balaban J connectivity index is 1.98. The first-order valence-corrected chi connectivity index (χ1v) is 5.97. The number of nitrogens with one attached hydrogen (secondary N) is 1. The Kier molecular flexibility index (Phi) is 4.17. The zero-order valence-corrected chi connectivity index (χ0v) is 10.9. The summed E-state index contributed by atoms with van der Waals surface area (Å²) in [5, 5.41) is 3.74. The molecule has 0 saturated carbocycles. The van der Waals surface area contributed by atoms with Gasteiger partial charge in [-0.05, 0) is 0 Å². The highest BCUT2D eigenvalue weighted by atomic mass is 35.5. The summed E-state index contributed by atoms with van der Waals surface area (Å²) in [6.45, 7) is 4.77. The van der Waals surface area contributed by atoms with E-state index >= 15 is 0 Å². The summed E-state index contributed by atoms with van der Waals surface area (Å²) in [6, 6.07) is 2.04. The molecule has 0 amide bonds. The highest BCUT2D eigenvalue weighted by Crippen LogP contribution is 2.22. The average molecular weight is 268 g/mol. The van der Waals surface area contributed by atoms with E-state index in [9.17, 15) is 0 Å². The number of pyridine rings is 1. The van der Waals surface area contributed by atoms with Crippen LogP contribution in [-0.4, -0.2) is 16.0 Å². The molecule has 0 bridgehead atoms. The van der Waals surface area contributed by atoms with Gasteiger partial charge >= 0.3 is 6.08 Å². The molecular formula is C12H14ClN3O2. The Morgan fingerprint density at radius 2 is 2.28 bits per heavy atom. The molecule has 1 N–H and O–H groups in total. The topological polar surface area (TPSA) is 60.2 Å².